The second-order valence-corrected chi connectivity index (χ2v) is 4.29. The Morgan fingerprint density at radius 1 is 1.43 bits per heavy atom. The SMILES string of the molecule is Cc1c(CC(=O)O)c(=O)oc2cc(O)c(O)c([N+](=O)[O-])c12. The number of phenolic OH excluding ortho intramolecular Hbond substituents is 2. The summed E-state index contributed by atoms with van der Waals surface area (Å²) in [5, 5.41) is 38.6. The van der Waals surface area contributed by atoms with Crippen molar-refractivity contribution in [3.8, 4) is 11.5 Å². The first kappa shape index (κ1) is 14.3. The van der Waals surface area contributed by atoms with Gasteiger partial charge in [-0.05, 0) is 12.5 Å². The molecule has 9 heteroatoms. The van der Waals surface area contributed by atoms with E-state index in [9.17, 15) is 29.9 Å². The summed E-state index contributed by atoms with van der Waals surface area (Å²) >= 11 is 0. The number of rotatable bonds is 3. The highest BCUT2D eigenvalue weighted by Gasteiger charge is 2.27. The topological polar surface area (TPSA) is 151 Å². The van der Waals surface area contributed by atoms with Crippen LogP contribution in [0.1, 0.15) is 11.1 Å². The Morgan fingerprint density at radius 3 is 2.57 bits per heavy atom. The van der Waals surface area contributed by atoms with E-state index in [2.05, 4.69) is 0 Å². The molecule has 3 N–H and O–H groups in total. The zero-order chi connectivity index (χ0) is 15.9. The van der Waals surface area contributed by atoms with Gasteiger partial charge in [-0.3, -0.25) is 14.9 Å². The van der Waals surface area contributed by atoms with Gasteiger partial charge in [0, 0.05) is 6.07 Å². The van der Waals surface area contributed by atoms with Crippen molar-refractivity contribution >= 4 is 22.6 Å². The summed E-state index contributed by atoms with van der Waals surface area (Å²) in [7, 11) is 0. The number of aromatic hydroxyl groups is 2. The molecule has 2 aromatic rings. The summed E-state index contributed by atoms with van der Waals surface area (Å²) < 4.78 is 4.81. The maximum absolute atomic E-state index is 11.7. The maximum atomic E-state index is 11.7. The third-order valence-corrected chi connectivity index (χ3v) is 3.01. The van der Waals surface area contributed by atoms with Crippen molar-refractivity contribution in [3.63, 3.8) is 0 Å². The molecule has 0 aliphatic carbocycles. The predicted molar refractivity (Wildman–Crippen MR) is 68.5 cm³/mol. The van der Waals surface area contributed by atoms with E-state index in [0.717, 1.165) is 6.07 Å². The number of nitro benzene ring substituents is 1. The number of carboxylic acids is 1. The van der Waals surface area contributed by atoms with Crippen LogP contribution in [0.15, 0.2) is 15.3 Å². The van der Waals surface area contributed by atoms with Gasteiger partial charge in [-0.25, -0.2) is 4.79 Å². The first-order valence-electron chi connectivity index (χ1n) is 5.61. The largest absolute Gasteiger partial charge is 0.504 e. The van der Waals surface area contributed by atoms with Crippen molar-refractivity contribution in [2.24, 2.45) is 0 Å². The van der Waals surface area contributed by atoms with Crippen LogP contribution in [0.5, 0.6) is 11.5 Å². The van der Waals surface area contributed by atoms with Crippen LogP contribution < -0.4 is 5.63 Å². The molecule has 0 bridgehead atoms. The number of phenols is 2. The lowest BCUT2D eigenvalue weighted by molar-refractivity contribution is -0.384. The highest BCUT2D eigenvalue weighted by atomic mass is 16.6. The highest BCUT2D eigenvalue weighted by Crippen LogP contribution is 2.42. The average Bonchev–Trinajstić information content (AvgIpc) is 2.36. The summed E-state index contributed by atoms with van der Waals surface area (Å²) in [4.78, 5) is 32.6. The number of hydrogen-bond acceptors (Lipinski definition) is 7. The van der Waals surface area contributed by atoms with Gasteiger partial charge in [-0.2, -0.15) is 0 Å². The van der Waals surface area contributed by atoms with E-state index < -0.39 is 40.1 Å². The van der Waals surface area contributed by atoms with E-state index in [0.29, 0.717) is 0 Å². The van der Waals surface area contributed by atoms with Crippen LogP contribution in [-0.4, -0.2) is 26.2 Å². The standard InChI is InChI=1S/C12H9NO8/c1-4-5(2-8(15)16)12(18)21-7-3-6(14)11(17)10(9(4)7)13(19)20/h3,14,17H,2H2,1H3,(H,15,16). The van der Waals surface area contributed by atoms with Gasteiger partial charge in [0.25, 0.3) is 0 Å². The Labute approximate surface area is 115 Å². The minimum Gasteiger partial charge on any atom is -0.504 e. The Bertz CT molecular complexity index is 835. The summed E-state index contributed by atoms with van der Waals surface area (Å²) in [6, 6.07) is 0.858. The second kappa shape index (κ2) is 4.78. The normalized spacial score (nSPS) is 10.7. The van der Waals surface area contributed by atoms with E-state index in [4.69, 9.17) is 9.52 Å². The lowest BCUT2D eigenvalue weighted by Crippen LogP contribution is -2.15. The Hall–Kier alpha value is -3.10. The number of aliphatic carboxylic acids is 1. The minimum atomic E-state index is -1.31. The number of benzene rings is 1. The van der Waals surface area contributed by atoms with Crippen LogP contribution in [-0.2, 0) is 11.2 Å². The first-order chi connectivity index (χ1) is 9.73. The van der Waals surface area contributed by atoms with Crippen LogP contribution in [0.3, 0.4) is 0 Å². The molecule has 9 nitrogen and oxygen atoms in total. The molecule has 0 fully saturated rings. The molecule has 1 aromatic carbocycles. The van der Waals surface area contributed by atoms with Gasteiger partial charge in [0.2, 0.25) is 5.75 Å². The highest BCUT2D eigenvalue weighted by molar-refractivity contribution is 5.95. The Balaban J connectivity index is 3.00. The quantitative estimate of drug-likeness (QED) is 0.329. The van der Waals surface area contributed by atoms with Crippen LogP contribution >= 0.6 is 0 Å². The van der Waals surface area contributed by atoms with E-state index in [1.54, 1.807) is 0 Å². The van der Waals surface area contributed by atoms with Crippen molar-refractivity contribution in [3.05, 3.63) is 37.7 Å². The molecule has 110 valence electrons. The molecule has 0 amide bonds. The minimum absolute atomic E-state index is 0.00523. The molecule has 0 aliphatic heterocycles. The van der Waals surface area contributed by atoms with Gasteiger partial charge in [0.05, 0.1) is 16.9 Å². The summed E-state index contributed by atoms with van der Waals surface area (Å²) in [5.41, 5.74) is -2.39. The summed E-state index contributed by atoms with van der Waals surface area (Å²) in [5.74, 6) is -3.11. The maximum Gasteiger partial charge on any atom is 0.340 e. The molecular weight excluding hydrogens is 286 g/mol. The molecule has 0 atom stereocenters. The monoisotopic (exact) mass is 295 g/mol. The van der Waals surface area contributed by atoms with Gasteiger partial charge >= 0.3 is 17.3 Å². The van der Waals surface area contributed by atoms with Crippen molar-refractivity contribution < 1.29 is 29.5 Å². The van der Waals surface area contributed by atoms with E-state index in [1.807, 2.05) is 0 Å². The van der Waals surface area contributed by atoms with Crippen LogP contribution in [0, 0.1) is 17.0 Å². The number of fused-ring (bicyclic) bond motifs is 1. The Kier molecular flexibility index (Phi) is 3.26. The van der Waals surface area contributed by atoms with Gasteiger partial charge in [-0.15, -0.1) is 0 Å². The molecular formula is C12H9NO8. The van der Waals surface area contributed by atoms with E-state index in [1.165, 1.54) is 6.92 Å². The van der Waals surface area contributed by atoms with Crippen molar-refractivity contribution in [1.82, 2.24) is 0 Å². The lowest BCUT2D eigenvalue weighted by Gasteiger charge is -2.08. The second-order valence-electron chi connectivity index (χ2n) is 4.29. The number of carboxylic acid groups (broad SMARTS) is 1. The van der Waals surface area contributed by atoms with Gasteiger partial charge < -0.3 is 19.7 Å². The number of aryl methyl sites for hydroxylation is 1. The molecule has 0 aliphatic rings. The third kappa shape index (κ3) is 2.24. The third-order valence-electron chi connectivity index (χ3n) is 3.01. The van der Waals surface area contributed by atoms with Crippen LogP contribution in [0.25, 0.3) is 11.0 Å². The fourth-order valence-electron chi connectivity index (χ4n) is 2.06. The molecule has 0 saturated carbocycles. The predicted octanol–water partition coefficient (Wildman–Crippen LogP) is 1.05. The lowest BCUT2D eigenvalue weighted by atomic mass is 10.0. The van der Waals surface area contributed by atoms with Crippen molar-refractivity contribution in [1.29, 1.82) is 0 Å². The van der Waals surface area contributed by atoms with Gasteiger partial charge in [0.1, 0.15) is 11.0 Å². The van der Waals surface area contributed by atoms with Crippen LogP contribution in [0.4, 0.5) is 5.69 Å². The van der Waals surface area contributed by atoms with Gasteiger partial charge in [-0.1, -0.05) is 0 Å². The van der Waals surface area contributed by atoms with Crippen LogP contribution in [0.2, 0.25) is 0 Å². The average molecular weight is 295 g/mol. The van der Waals surface area contributed by atoms with Crippen molar-refractivity contribution in [2.75, 3.05) is 0 Å². The van der Waals surface area contributed by atoms with E-state index >= 15 is 0 Å². The number of nitro groups is 1. The summed E-state index contributed by atoms with van der Waals surface area (Å²) in [6.07, 6.45) is -0.678. The smallest absolute Gasteiger partial charge is 0.340 e. The van der Waals surface area contributed by atoms with Gasteiger partial charge in [0.15, 0.2) is 5.75 Å². The number of carbonyl (C=O) groups is 1. The molecule has 0 saturated heterocycles. The molecule has 0 unspecified atom stereocenters. The number of nitrogens with zero attached hydrogens (tertiary/aromatic N) is 1. The molecule has 21 heavy (non-hydrogen) atoms. The fraction of sp³-hybridized carbons (Fsp3) is 0.167. The summed E-state index contributed by atoms with van der Waals surface area (Å²) in [6.45, 7) is 1.31. The first-order valence-corrected chi connectivity index (χ1v) is 5.61. The van der Waals surface area contributed by atoms with Crippen molar-refractivity contribution in [2.45, 2.75) is 13.3 Å². The molecule has 0 radical (unpaired) electrons. The fourth-order valence-corrected chi connectivity index (χ4v) is 2.06. The zero-order valence-electron chi connectivity index (χ0n) is 10.6. The molecule has 0 spiro atoms. The number of hydrogen-bond donors (Lipinski definition) is 3. The molecule has 2 rings (SSSR count). The zero-order valence-corrected chi connectivity index (χ0v) is 10.6. The molecule has 1 aromatic heterocycles. The van der Waals surface area contributed by atoms with E-state index in [-0.39, 0.29) is 22.1 Å². The molecule has 1 heterocycles. The Morgan fingerprint density at radius 2 is 2.05 bits per heavy atom.